The first kappa shape index (κ1) is 27.0. The molecular formula is C21H6Br9N3. The van der Waals surface area contributed by atoms with Crippen LogP contribution in [0.5, 0.6) is 0 Å². The lowest BCUT2D eigenvalue weighted by atomic mass is 9.95. The molecule has 33 heavy (non-hydrogen) atoms. The van der Waals surface area contributed by atoms with E-state index in [1.807, 2.05) is 36.4 Å². The van der Waals surface area contributed by atoms with Gasteiger partial charge in [-0.25, -0.2) is 0 Å². The fourth-order valence-corrected chi connectivity index (χ4v) is 7.53. The second kappa shape index (κ2) is 11.2. The summed E-state index contributed by atoms with van der Waals surface area (Å²) in [6.45, 7) is 0. The summed E-state index contributed by atoms with van der Waals surface area (Å²) in [5.41, 5.74) is 4.84. The van der Waals surface area contributed by atoms with Crippen molar-refractivity contribution in [2.45, 2.75) is 0 Å². The van der Waals surface area contributed by atoms with Gasteiger partial charge in [0.25, 0.3) is 0 Å². The van der Waals surface area contributed by atoms with Gasteiger partial charge in [-0.2, -0.15) is 0 Å². The van der Waals surface area contributed by atoms with Crippen molar-refractivity contribution in [3.05, 3.63) is 76.7 Å². The number of benzene rings is 3. The van der Waals surface area contributed by atoms with E-state index in [0.29, 0.717) is 11.4 Å². The lowest BCUT2D eigenvalue weighted by molar-refractivity contribution is 0.877. The number of halogens is 9. The molecule has 3 aromatic carbocycles. The molecule has 4 rings (SSSR count). The lowest BCUT2D eigenvalue weighted by Gasteiger charge is -2.18. The quantitative estimate of drug-likeness (QED) is 0.192. The van der Waals surface area contributed by atoms with Crippen LogP contribution in [0.15, 0.2) is 76.7 Å². The highest BCUT2D eigenvalue weighted by molar-refractivity contribution is 9.15. The standard InChI is InChI=1S/C21H6Br9N3/c22-10-4-1-7(14(25)17(10)28)13-20(8-2-5-11(23)18(29)15(8)26)31-33-32-21(13)9-3-6-12(24)19(30)16(9)27/h1-6H. The zero-order chi connectivity index (χ0) is 24.0. The molecule has 0 spiro atoms. The molecule has 168 valence electrons. The van der Waals surface area contributed by atoms with Crippen molar-refractivity contribution in [2.24, 2.45) is 0 Å². The summed E-state index contributed by atoms with van der Waals surface area (Å²) in [6.07, 6.45) is 0. The molecule has 0 radical (unpaired) electrons. The maximum absolute atomic E-state index is 4.49. The molecule has 0 aliphatic heterocycles. The van der Waals surface area contributed by atoms with Gasteiger partial charge in [-0.1, -0.05) is 18.2 Å². The third kappa shape index (κ3) is 5.21. The maximum Gasteiger partial charge on any atom is 0.106 e. The Kier molecular flexibility index (Phi) is 9.15. The molecular weight excluding hydrogens is 1010 g/mol. The average Bonchev–Trinajstić information content (AvgIpc) is 2.80. The number of hydrogen-bond acceptors (Lipinski definition) is 3. The monoisotopic (exact) mass is 1010 g/mol. The van der Waals surface area contributed by atoms with E-state index in [4.69, 9.17) is 0 Å². The molecule has 0 unspecified atom stereocenters. The predicted molar refractivity (Wildman–Crippen MR) is 165 cm³/mol. The van der Waals surface area contributed by atoms with Gasteiger partial charge in [-0.3, -0.25) is 0 Å². The van der Waals surface area contributed by atoms with E-state index in [1.54, 1.807) is 0 Å². The summed E-state index contributed by atoms with van der Waals surface area (Å²) in [6, 6.07) is 11.9. The van der Waals surface area contributed by atoms with Crippen LogP contribution in [0.1, 0.15) is 0 Å². The van der Waals surface area contributed by atoms with Crippen molar-refractivity contribution in [3.63, 3.8) is 0 Å². The van der Waals surface area contributed by atoms with Crippen LogP contribution >= 0.6 is 143 Å². The Bertz CT molecular complexity index is 1350. The van der Waals surface area contributed by atoms with Crippen molar-refractivity contribution in [1.29, 1.82) is 0 Å². The van der Waals surface area contributed by atoms with Gasteiger partial charge in [0.1, 0.15) is 11.4 Å². The van der Waals surface area contributed by atoms with Gasteiger partial charge >= 0.3 is 0 Å². The number of hydrogen-bond donors (Lipinski definition) is 0. The second-order valence-electron chi connectivity index (χ2n) is 6.53. The number of aromatic nitrogens is 3. The van der Waals surface area contributed by atoms with Gasteiger partial charge in [-0.15, -0.1) is 10.2 Å². The maximum atomic E-state index is 4.49. The first-order chi connectivity index (χ1) is 15.6. The van der Waals surface area contributed by atoms with Crippen LogP contribution in [0.4, 0.5) is 0 Å². The number of rotatable bonds is 3. The third-order valence-electron chi connectivity index (χ3n) is 4.65. The molecule has 0 amide bonds. The molecule has 0 saturated carbocycles. The van der Waals surface area contributed by atoms with Gasteiger partial charge in [0.2, 0.25) is 0 Å². The molecule has 0 bridgehead atoms. The van der Waals surface area contributed by atoms with Crippen molar-refractivity contribution < 1.29 is 0 Å². The summed E-state index contributed by atoms with van der Waals surface area (Å²) < 4.78 is 8.01. The van der Waals surface area contributed by atoms with E-state index < -0.39 is 0 Å². The van der Waals surface area contributed by atoms with E-state index in [2.05, 4.69) is 159 Å². The van der Waals surface area contributed by atoms with Gasteiger partial charge in [0.15, 0.2) is 0 Å². The van der Waals surface area contributed by atoms with E-state index >= 15 is 0 Å². The van der Waals surface area contributed by atoms with E-state index in [9.17, 15) is 0 Å². The molecule has 1 heterocycles. The molecule has 4 aromatic rings. The van der Waals surface area contributed by atoms with Gasteiger partial charge in [-0.05, 0) is 167 Å². The van der Waals surface area contributed by atoms with Crippen molar-refractivity contribution in [2.75, 3.05) is 0 Å². The van der Waals surface area contributed by atoms with Gasteiger partial charge in [0, 0.05) is 62.5 Å². The van der Waals surface area contributed by atoms with Gasteiger partial charge in [0.05, 0.1) is 0 Å². The Morgan fingerprint density at radius 2 is 0.727 bits per heavy atom. The summed E-state index contributed by atoms with van der Waals surface area (Å²) in [5.74, 6) is 0. The lowest BCUT2D eigenvalue weighted by Crippen LogP contribution is -2.02. The van der Waals surface area contributed by atoms with E-state index in [-0.39, 0.29) is 0 Å². The van der Waals surface area contributed by atoms with Crippen LogP contribution in [0, 0.1) is 0 Å². The Morgan fingerprint density at radius 1 is 0.394 bits per heavy atom. The third-order valence-corrected chi connectivity index (χ3v) is 14.8. The SMILES string of the molecule is Brc1ccc(-c2nnnc(-c3ccc(Br)c(Br)c3Br)c2-c2ccc(Br)c(Br)c2Br)c(Br)c1Br. The van der Waals surface area contributed by atoms with Crippen molar-refractivity contribution >= 4 is 143 Å². The van der Waals surface area contributed by atoms with Crippen molar-refractivity contribution in [1.82, 2.24) is 15.4 Å². The van der Waals surface area contributed by atoms with Crippen LogP contribution in [-0.4, -0.2) is 15.4 Å². The fraction of sp³-hybridized carbons (Fsp3) is 0. The largest absolute Gasteiger partial charge is 0.129 e. The molecule has 0 saturated heterocycles. The Labute approximate surface area is 265 Å². The zero-order valence-electron chi connectivity index (χ0n) is 15.7. The summed E-state index contributed by atoms with van der Waals surface area (Å²) >= 11 is 32.8. The molecule has 0 atom stereocenters. The minimum atomic E-state index is 0.681. The first-order valence-electron chi connectivity index (χ1n) is 8.78. The van der Waals surface area contributed by atoms with E-state index in [1.165, 1.54) is 0 Å². The van der Waals surface area contributed by atoms with Crippen LogP contribution in [0.25, 0.3) is 33.6 Å². The molecule has 12 heteroatoms. The summed E-state index contributed by atoms with van der Waals surface area (Å²) in [5, 5.41) is 13.1. The highest BCUT2D eigenvalue weighted by Gasteiger charge is 2.25. The zero-order valence-corrected chi connectivity index (χ0v) is 30.0. The first-order valence-corrected chi connectivity index (χ1v) is 15.9. The molecule has 1 aromatic heterocycles. The average molecular weight is 1020 g/mol. The normalized spacial score (nSPS) is 11.2. The highest BCUT2D eigenvalue weighted by atomic mass is 79.9. The summed E-state index contributed by atoms with van der Waals surface area (Å²) in [7, 11) is 0. The number of nitrogens with zero attached hydrogens (tertiary/aromatic N) is 3. The summed E-state index contributed by atoms with van der Waals surface area (Å²) in [4.78, 5) is 0. The molecule has 3 nitrogen and oxygen atoms in total. The van der Waals surface area contributed by atoms with Crippen LogP contribution < -0.4 is 0 Å². The topological polar surface area (TPSA) is 38.7 Å². The van der Waals surface area contributed by atoms with E-state index in [0.717, 1.165) is 62.5 Å². The predicted octanol–water partition coefficient (Wildman–Crippen LogP) is 11.7. The highest BCUT2D eigenvalue weighted by Crippen LogP contribution is 2.49. The minimum absolute atomic E-state index is 0.681. The molecule has 0 fully saturated rings. The molecule has 0 aliphatic carbocycles. The van der Waals surface area contributed by atoms with Gasteiger partial charge < -0.3 is 0 Å². The molecule has 0 N–H and O–H groups in total. The molecule has 0 aliphatic rings. The Hall–Kier alpha value is 0.990. The fourth-order valence-electron chi connectivity index (χ4n) is 3.09. The second-order valence-corrected chi connectivity index (χ2v) is 13.9. The Balaban J connectivity index is 2.15. The van der Waals surface area contributed by atoms with Crippen LogP contribution in [0.3, 0.4) is 0 Å². The van der Waals surface area contributed by atoms with Crippen LogP contribution in [-0.2, 0) is 0 Å². The van der Waals surface area contributed by atoms with Crippen LogP contribution in [0.2, 0.25) is 0 Å². The minimum Gasteiger partial charge on any atom is -0.129 e. The Morgan fingerprint density at radius 3 is 1.12 bits per heavy atom. The smallest absolute Gasteiger partial charge is 0.106 e. The van der Waals surface area contributed by atoms with Crippen molar-refractivity contribution in [3.8, 4) is 33.6 Å².